The van der Waals surface area contributed by atoms with Gasteiger partial charge in [0.25, 0.3) is 11.8 Å². The van der Waals surface area contributed by atoms with E-state index in [2.05, 4.69) is 0 Å². The number of hydrogen-bond acceptors (Lipinski definition) is 4. The predicted octanol–water partition coefficient (Wildman–Crippen LogP) is -0.727. The van der Waals surface area contributed by atoms with Crippen molar-refractivity contribution in [3.63, 3.8) is 0 Å². The van der Waals surface area contributed by atoms with Gasteiger partial charge in [0.2, 0.25) is 12.5 Å². The first kappa shape index (κ1) is 18.9. The summed E-state index contributed by atoms with van der Waals surface area (Å²) in [5.41, 5.74) is 6.57. The molecule has 9 nitrogen and oxygen atoms in total. The molecule has 4 heterocycles. The number of aromatic nitrogens is 1. The van der Waals surface area contributed by atoms with Crippen molar-refractivity contribution in [3.05, 3.63) is 47.4 Å². The van der Waals surface area contributed by atoms with Crippen LogP contribution < -0.4 is 10.3 Å². The number of carboxylic acids is 1. The molecule has 1 aromatic heterocycles. The van der Waals surface area contributed by atoms with Crippen molar-refractivity contribution < 1.29 is 28.9 Å². The van der Waals surface area contributed by atoms with E-state index in [0.717, 1.165) is 5.56 Å². The summed E-state index contributed by atoms with van der Waals surface area (Å²) in [6.45, 7) is 1.89. The summed E-state index contributed by atoms with van der Waals surface area (Å²) in [5.74, 6) is -2.26. The molecule has 3 atom stereocenters. The fourth-order valence-electron chi connectivity index (χ4n) is 4.60. The van der Waals surface area contributed by atoms with Gasteiger partial charge in [-0.1, -0.05) is 6.08 Å². The molecule has 0 radical (unpaired) electrons. The van der Waals surface area contributed by atoms with Crippen LogP contribution in [0.4, 0.5) is 0 Å². The summed E-state index contributed by atoms with van der Waals surface area (Å²) in [7, 11) is 0. The lowest BCUT2D eigenvalue weighted by Crippen LogP contribution is -2.73. The third-order valence-electron chi connectivity index (χ3n) is 5.74. The number of rotatable bonds is 5. The van der Waals surface area contributed by atoms with Gasteiger partial charge in [-0.15, -0.1) is 0 Å². The van der Waals surface area contributed by atoms with Gasteiger partial charge in [0.15, 0.2) is 12.4 Å². The maximum Gasteiger partial charge on any atom is 0.352 e. The molecule has 0 bridgehead atoms. The van der Waals surface area contributed by atoms with Crippen LogP contribution in [0.1, 0.15) is 18.9 Å². The summed E-state index contributed by atoms with van der Waals surface area (Å²) < 4.78 is 1.64. The van der Waals surface area contributed by atoms with Gasteiger partial charge in [0.1, 0.15) is 11.7 Å². The van der Waals surface area contributed by atoms with Gasteiger partial charge in [-0.05, 0) is 24.1 Å². The number of nitrogens with two attached hydrogens (primary N) is 1. The van der Waals surface area contributed by atoms with Crippen LogP contribution >= 0.6 is 0 Å². The van der Waals surface area contributed by atoms with E-state index >= 15 is 0 Å². The van der Waals surface area contributed by atoms with E-state index in [9.17, 15) is 24.3 Å². The van der Waals surface area contributed by atoms with E-state index < -0.39 is 17.9 Å². The average Bonchev–Trinajstić information content (AvgIpc) is 2.98. The number of carbonyl (C=O) groups excluding carboxylic acids is 3. The number of hydrogen-bond donors (Lipinski definition) is 2. The van der Waals surface area contributed by atoms with Gasteiger partial charge < -0.3 is 15.7 Å². The van der Waals surface area contributed by atoms with E-state index in [1.807, 2.05) is 6.07 Å². The highest BCUT2D eigenvalue weighted by Crippen LogP contribution is 2.49. The Morgan fingerprint density at radius 2 is 2.10 bits per heavy atom. The van der Waals surface area contributed by atoms with E-state index in [1.54, 1.807) is 35.2 Å². The minimum absolute atomic E-state index is 0.0103. The van der Waals surface area contributed by atoms with Crippen LogP contribution in [0.3, 0.4) is 0 Å². The van der Waals surface area contributed by atoms with Gasteiger partial charge in [-0.3, -0.25) is 19.3 Å². The quantitative estimate of drug-likeness (QED) is 0.501. The number of primary amides is 1. The predicted molar refractivity (Wildman–Crippen MR) is 99.4 cm³/mol. The lowest BCUT2D eigenvalue weighted by molar-refractivity contribution is -0.684. The fourth-order valence-corrected chi connectivity index (χ4v) is 4.60. The number of carbonyl (C=O) groups is 4. The highest BCUT2D eigenvalue weighted by atomic mass is 16.4. The number of likely N-dealkylation sites (tertiary alicyclic amines) is 1. The minimum Gasteiger partial charge on any atom is -0.477 e. The van der Waals surface area contributed by atoms with Crippen molar-refractivity contribution in [1.82, 2.24) is 9.80 Å². The Kier molecular flexibility index (Phi) is 4.45. The number of nitrogens with zero attached hydrogens (tertiary/aromatic N) is 3. The Balaban J connectivity index is 1.66. The van der Waals surface area contributed by atoms with Crippen molar-refractivity contribution in [2.24, 2.45) is 11.7 Å². The zero-order valence-electron chi connectivity index (χ0n) is 15.8. The number of allylic oxidation sites excluding steroid dienone is 1. The van der Waals surface area contributed by atoms with Crippen LogP contribution in [0.2, 0.25) is 0 Å². The number of aliphatic carboxylic acids is 1. The zero-order chi connectivity index (χ0) is 20.9. The normalized spacial score (nSPS) is 25.3. The summed E-state index contributed by atoms with van der Waals surface area (Å²) in [5, 5.41) is 9.74. The van der Waals surface area contributed by atoms with E-state index in [1.165, 1.54) is 16.7 Å². The number of β-lactam (4-membered cyclic amide) rings is 1. The zero-order valence-corrected chi connectivity index (χ0v) is 15.8. The molecule has 2 saturated heterocycles. The summed E-state index contributed by atoms with van der Waals surface area (Å²) in [4.78, 5) is 50.4. The average molecular weight is 397 g/mol. The molecule has 150 valence electrons. The maximum absolute atomic E-state index is 12.6. The molecule has 3 N–H and O–H groups in total. The second-order valence-electron chi connectivity index (χ2n) is 7.47. The van der Waals surface area contributed by atoms with Crippen LogP contribution in [0.15, 0.2) is 41.9 Å². The third-order valence-corrected chi connectivity index (χ3v) is 5.74. The smallest absolute Gasteiger partial charge is 0.352 e. The molecular weight excluding hydrogens is 376 g/mol. The highest BCUT2D eigenvalue weighted by molar-refractivity contribution is 6.03. The minimum atomic E-state index is -1.16. The van der Waals surface area contributed by atoms with Gasteiger partial charge in [0.05, 0.1) is 6.04 Å². The Labute approximate surface area is 166 Å². The van der Waals surface area contributed by atoms with Crippen LogP contribution in [-0.4, -0.2) is 57.2 Å². The van der Waals surface area contributed by atoms with Gasteiger partial charge in [-0.25, -0.2) is 4.79 Å². The molecule has 0 spiro atoms. The molecule has 0 aromatic carbocycles. The molecule has 3 aliphatic heterocycles. The lowest BCUT2D eigenvalue weighted by Gasteiger charge is -2.53. The first-order valence-corrected chi connectivity index (χ1v) is 9.33. The summed E-state index contributed by atoms with van der Waals surface area (Å²) >= 11 is 0. The highest BCUT2D eigenvalue weighted by Gasteiger charge is 2.63. The van der Waals surface area contributed by atoms with Crippen LogP contribution in [0.25, 0.3) is 6.08 Å². The van der Waals surface area contributed by atoms with Crippen LogP contribution in [-0.2, 0) is 25.7 Å². The number of pyridine rings is 1. The Bertz CT molecular complexity index is 998. The lowest BCUT2D eigenvalue weighted by atomic mass is 9.78. The second kappa shape index (κ2) is 6.84. The van der Waals surface area contributed by atoms with Crippen LogP contribution in [0, 0.1) is 5.92 Å². The number of carboxylic acid groups (broad SMARTS) is 1. The Morgan fingerprint density at radius 3 is 2.76 bits per heavy atom. The molecule has 3 amide bonds. The molecule has 1 aromatic rings. The fraction of sp³-hybridized carbons (Fsp3) is 0.350. The molecule has 9 heteroatoms. The van der Waals surface area contributed by atoms with Crippen molar-refractivity contribution in [3.8, 4) is 0 Å². The van der Waals surface area contributed by atoms with E-state index in [4.69, 9.17) is 5.73 Å². The third kappa shape index (κ3) is 2.98. The Hall–Kier alpha value is -3.49. The Morgan fingerprint density at radius 1 is 1.34 bits per heavy atom. The van der Waals surface area contributed by atoms with Crippen molar-refractivity contribution in [2.45, 2.75) is 32.0 Å². The number of amides is 3. The SMILES string of the molecule is CC(=O)N1CCC2C(/C=C/c3ccc[n+](CC(N)=O)c3)=C(C(=O)O)N3C(=O)[C@@H]1[C@@H]23. The number of piperidine rings is 1. The standard InChI is InChI=1S/C20H20N4O5/c1-11(25)23-8-6-14-13(17(20(28)29)24-16(14)18(23)19(24)27)5-4-12-3-2-7-22(9-12)10-15(21)26/h2-5,7,9,14,16,18H,6,8,10H2,1H3,(H2-,21,26,28,29)/p+1/b5-4+/t14?,16-,18+/m1/s1. The molecule has 2 fully saturated rings. The largest absolute Gasteiger partial charge is 0.477 e. The second-order valence-corrected chi connectivity index (χ2v) is 7.47. The molecule has 4 rings (SSSR count). The van der Waals surface area contributed by atoms with E-state index in [-0.39, 0.29) is 36.0 Å². The molecular formula is C20H21N4O5+. The van der Waals surface area contributed by atoms with Gasteiger partial charge in [0, 0.05) is 31.0 Å². The van der Waals surface area contributed by atoms with Crippen LogP contribution in [0.5, 0.6) is 0 Å². The summed E-state index contributed by atoms with van der Waals surface area (Å²) in [6.07, 6.45) is 7.53. The topological polar surface area (TPSA) is 125 Å². The first-order chi connectivity index (χ1) is 13.8. The molecule has 1 unspecified atom stereocenters. The van der Waals surface area contributed by atoms with Gasteiger partial charge in [-0.2, -0.15) is 4.57 Å². The summed E-state index contributed by atoms with van der Waals surface area (Å²) in [6, 6.07) is 2.69. The molecule has 0 aliphatic carbocycles. The maximum atomic E-state index is 12.6. The van der Waals surface area contributed by atoms with Crippen molar-refractivity contribution >= 4 is 29.8 Å². The first-order valence-electron chi connectivity index (χ1n) is 9.33. The monoisotopic (exact) mass is 397 g/mol. The molecule has 0 saturated carbocycles. The molecule has 3 aliphatic rings. The van der Waals surface area contributed by atoms with Gasteiger partial charge >= 0.3 is 5.97 Å². The van der Waals surface area contributed by atoms with E-state index in [0.29, 0.717) is 18.5 Å². The molecule has 29 heavy (non-hydrogen) atoms. The van der Waals surface area contributed by atoms with Crippen molar-refractivity contribution in [1.29, 1.82) is 0 Å². The van der Waals surface area contributed by atoms with Crippen molar-refractivity contribution in [2.75, 3.05) is 6.54 Å².